The number of nitrogens with zero attached hydrogens (tertiary/aromatic N) is 4. The Labute approximate surface area is 236 Å². The van der Waals surface area contributed by atoms with Crippen LogP contribution in [0.1, 0.15) is 50.8 Å². The summed E-state index contributed by atoms with van der Waals surface area (Å²) in [6.45, 7) is 0.518. The maximum atomic E-state index is 13.9. The number of aromatic nitrogens is 1. The molecule has 0 N–H and O–H groups in total. The molecular formula is C35H24N4O2. The van der Waals surface area contributed by atoms with Crippen LogP contribution < -0.4 is 0 Å². The lowest BCUT2D eigenvalue weighted by atomic mass is 9.55. The molecule has 2 bridgehead atoms. The molecule has 1 aromatic heterocycles. The predicted molar refractivity (Wildman–Crippen MR) is 155 cm³/mol. The van der Waals surface area contributed by atoms with Gasteiger partial charge in [-0.25, -0.2) is 0 Å². The predicted octanol–water partition coefficient (Wildman–Crippen LogP) is 5.79. The van der Waals surface area contributed by atoms with Crippen molar-refractivity contribution in [3.05, 3.63) is 142 Å². The lowest BCUT2D eigenvalue weighted by Crippen LogP contribution is -2.41. The van der Waals surface area contributed by atoms with Crippen molar-refractivity contribution >= 4 is 28.9 Å². The normalized spacial score (nSPS) is 22.2. The molecule has 2 amide bonds. The van der Waals surface area contributed by atoms with E-state index < -0.39 is 11.8 Å². The molecule has 5 aromatic rings. The topological polar surface area (TPSA) is 78.5 Å². The molecule has 2 heterocycles. The van der Waals surface area contributed by atoms with Crippen LogP contribution in [0.15, 0.2) is 108 Å². The first-order chi connectivity index (χ1) is 20.2. The highest BCUT2D eigenvalue weighted by molar-refractivity contribution is 6.09. The second-order valence-electron chi connectivity index (χ2n) is 11.0. The third-order valence-corrected chi connectivity index (χ3v) is 9.04. The molecule has 3 aliphatic carbocycles. The fourth-order valence-corrected chi connectivity index (χ4v) is 7.35. The van der Waals surface area contributed by atoms with Gasteiger partial charge in [-0.1, -0.05) is 84.9 Å². The summed E-state index contributed by atoms with van der Waals surface area (Å²) in [5.41, 5.74) is 7.92. The van der Waals surface area contributed by atoms with Crippen molar-refractivity contribution in [2.24, 2.45) is 16.9 Å². The monoisotopic (exact) mass is 532 g/mol. The molecule has 196 valence electrons. The number of carbonyl (C=O) groups is 2. The lowest BCUT2D eigenvalue weighted by Gasteiger charge is -2.45. The fourth-order valence-electron chi connectivity index (χ4n) is 7.35. The second-order valence-corrected chi connectivity index (χ2v) is 11.0. The summed E-state index contributed by atoms with van der Waals surface area (Å²) in [4.78, 5) is 27.8. The highest BCUT2D eigenvalue weighted by atomic mass is 16.2. The van der Waals surface area contributed by atoms with Crippen molar-refractivity contribution in [3.63, 3.8) is 0 Å². The Morgan fingerprint density at radius 3 is 1.88 bits per heavy atom. The summed E-state index contributed by atoms with van der Waals surface area (Å²) in [5.74, 6) is -1.70. The number of imide groups is 1. The Morgan fingerprint density at radius 2 is 1.27 bits per heavy atom. The van der Waals surface area contributed by atoms with Crippen LogP contribution in [0.25, 0.3) is 10.9 Å². The quantitative estimate of drug-likeness (QED) is 0.217. The molecule has 4 aromatic carbocycles. The molecular weight excluding hydrogens is 508 g/mol. The minimum absolute atomic E-state index is 0.156. The van der Waals surface area contributed by atoms with Crippen LogP contribution in [-0.4, -0.2) is 27.6 Å². The Morgan fingerprint density at radius 1 is 0.732 bits per heavy atom. The van der Waals surface area contributed by atoms with Gasteiger partial charge in [-0.15, -0.1) is 0 Å². The van der Waals surface area contributed by atoms with Crippen LogP contribution in [0.3, 0.4) is 0 Å². The number of hydrogen-bond donors (Lipinski definition) is 0. The zero-order valence-corrected chi connectivity index (χ0v) is 22.0. The van der Waals surface area contributed by atoms with E-state index in [4.69, 9.17) is 0 Å². The Bertz CT molecular complexity index is 1860. The minimum atomic E-state index is -0.460. The van der Waals surface area contributed by atoms with Crippen LogP contribution in [-0.2, 0) is 16.1 Å². The van der Waals surface area contributed by atoms with Crippen LogP contribution in [0.2, 0.25) is 0 Å². The van der Waals surface area contributed by atoms with Gasteiger partial charge in [0.05, 0.1) is 29.7 Å². The van der Waals surface area contributed by atoms with Crippen molar-refractivity contribution < 1.29 is 9.59 Å². The molecule has 41 heavy (non-hydrogen) atoms. The van der Waals surface area contributed by atoms with Gasteiger partial charge in [0, 0.05) is 41.0 Å². The first-order valence-electron chi connectivity index (χ1n) is 13.8. The number of fused-ring (bicyclic) bond motifs is 1. The molecule has 9 rings (SSSR count). The Balaban J connectivity index is 1.17. The van der Waals surface area contributed by atoms with Gasteiger partial charge >= 0.3 is 0 Å². The standard InChI is InChI=1S/C35H24N4O2/c36-17-21-9-1-2-10-22(21)19-38-20-23(24-11-7-8-16-29(24)38)18-37-39-34(40)32-30-25-12-3-4-13-26(25)31(33(32)35(39)41)28-15-6-5-14-27(28)30/h1-16,18,20,30-33H,19H2/b37-18-/t30?,31?,32-,33-/m0/s1. The molecule has 0 radical (unpaired) electrons. The van der Waals surface area contributed by atoms with Gasteiger partial charge in [-0.3, -0.25) is 9.59 Å². The molecule has 4 aliphatic rings. The largest absolute Gasteiger partial charge is 0.342 e. The van der Waals surface area contributed by atoms with Gasteiger partial charge in [0.15, 0.2) is 0 Å². The molecule has 1 aliphatic heterocycles. The molecule has 0 spiro atoms. The number of benzene rings is 4. The highest BCUT2D eigenvalue weighted by Gasteiger charge is 2.61. The fraction of sp³-hybridized carbons (Fsp3) is 0.143. The van der Waals surface area contributed by atoms with E-state index in [0.29, 0.717) is 12.1 Å². The number of carbonyl (C=O) groups excluding carboxylic acids is 2. The molecule has 2 atom stereocenters. The number of para-hydroxylation sites is 1. The SMILES string of the molecule is N#Cc1ccccc1Cn1cc(/C=N\N2C(=O)[C@H]3C4c5ccccc5C(c5ccccc54)[C@@H]3C2=O)c2ccccc21. The van der Waals surface area contributed by atoms with E-state index >= 15 is 0 Å². The van der Waals surface area contributed by atoms with Gasteiger partial charge in [-0.2, -0.15) is 15.4 Å². The maximum absolute atomic E-state index is 13.9. The van der Waals surface area contributed by atoms with Crippen LogP contribution in [0.4, 0.5) is 0 Å². The van der Waals surface area contributed by atoms with E-state index in [2.05, 4.69) is 40.0 Å². The molecule has 1 saturated heterocycles. The summed E-state index contributed by atoms with van der Waals surface area (Å²) in [6.07, 6.45) is 3.60. The van der Waals surface area contributed by atoms with Gasteiger partial charge in [0.2, 0.25) is 0 Å². The van der Waals surface area contributed by atoms with Crippen LogP contribution in [0.5, 0.6) is 0 Å². The number of hydrogen-bond acceptors (Lipinski definition) is 4. The number of nitriles is 1. The number of hydrazone groups is 1. The Hall–Kier alpha value is -5.28. The molecule has 1 fully saturated rings. The number of rotatable bonds is 4. The van der Waals surface area contributed by atoms with Crippen molar-refractivity contribution in [1.29, 1.82) is 5.26 Å². The van der Waals surface area contributed by atoms with Gasteiger partial charge in [-0.05, 0) is 39.9 Å². The Kier molecular flexibility index (Phi) is 5.10. The van der Waals surface area contributed by atoms with Crippen molar-refractivity contribution in [2.75, 3.05) is 0 Å². The molecule has 0 saturated carbocycles. The van der Waals surface area contributed by atoms with E-state index in [-0.39, 0.29) is 23.7 Å². The van der Waals surface area contributed by atoms with E-state index in [1.54, 1.807) is 6.21 Å². The smallest absolute Gasteiger partial charge is 0.254 e. The van der Waals surface area contributed by atoms with E-state index in [1.807, 2.05) is 79.0 Å². The molecule has 0 unspecified atom stereocenters. The molecule has 6 nitrogen and oxygen atoms in total. The van der Waals surface area contributed by atoms with Gasteiger partial charge in [0.1, 0.15) is 0 Å². The zero-order chi connectivity index (χ0) is 27.7. The van der Waals surface area contributed by atoms with Gasteiger partial charge in [0.25, 0.3) is 11.8 Å². The summed E-state index contributed by atoms with van der Waals surface area (Å²) < 4.78 is 2.08. The lowest BCUT2D eigenvalue weighted by molar-refractivity contribution is -0.139. The van der Waals surface area contributed by atoms with Gasteiger partial charge < -0.3 is 4.57 Å². The van der Waals surface area contributed by atoms with Crippen molar-refractivity contribution in [1.82, 2.24) is 9.58 Å². The van der Waals surface area contributed by atoms with E-state index in [9.17, 15) is 14.9 Å². The van der Waals surface area contributed by atoms with E-state index in [1.165, 1.54) is 0 Å². The van der Waals surface area contributed by atoms with Crippen LogP contribution >= 0.6 is 0 Å². The summed E-state index contributed by atoms with van der Waals surface area (Å²) in [6, 6.07) is 34.2. The first kappa shape index (κ1) is 23.6. The summed E-state index contributed by atoms with van der Waals surface area (Å²) in [7, 11) is 0. The average molecular weight is 533 g/mol. The first-order valence-corrected chi connectivity index (χ1v) is 13.8. The second kappa shape index (κ2) is 8.87. The number of amides is 2. The third-order valence-electron chi connectivity index (χ3n) is 9.04. The molecule has 6 heteroatoms. The van der Waals surface area contributed by atoms with Crippen LogP contribution in [0, 0.1) is 23.2 Å². The van der Waals surface area contributed by atoms with Crippen molar-refractivity contribution in [3.8, 4) is 6.07 Å². The minimum Gasteiger partial charge on any atom is -0.342 e. The van der Waals surface area contributed by atoms with Crippen molar-refractivity contribution in [2.45, 2.75) is 18.4 Å². The summed E-state index contributed by atoms with van der Waals surface area (Å²) >= 11 is 0. The maximum Gasteiger partial charge on any atom is 0.254 e. The average Bonchev–Trinajstić information content (AvgIpc) is 3.50. The zero-order valence-electron chi connectivity index (χ0n) is 22.0. The van der Waals surface area contributed by atoms with E-state index in [0.717, 1.165) is 49.3 Å². The third kappa shape index (κ3) is 3.33. The summed E-state index contributed by atoms with van der Waals surface area (Å²) in [5, 5.41) is 16.2. The highest BCUT2D eigenvalue weighted by Crippen LogP contribution is 2.60.